The van der Waals surface area contributed by atoms with E-state index in [1.807, 2.05) is 10.6 Å². The van der Waals surface area contributed by atoms with Gasteiger partial charge in [-0.15, -0.1) is 0 Å². The summed E-state index contributed by atoms with van der Waals surface area (Å²) >= 11 is 5.36. The number of rotatable bonds is 6. The molecule has 0 fully saturated rings. The van der Waals surface area contributed by atoms with Gasteiger partial charge in [-0.25, -0.2) is 4.39 Å². The lowest BCUT2D eigenvalue weighted by molar-refractivity contribution is 0.273. The van der Waals surface area contributed by atoms with Crippen molar-refractivity contribution in [1.29, 1.82) is 0 Å². The van der Waals surface area contributed by atoms with Gasteiger partial charge in [-0.05, 0) is 36.2 Å². The van der Waals surface area contributed by atoms with Crippen molar-refractivity contribution in [1.82, 2.24) is 9.55 Å². The summed E-state index contributed by atoms with van der Waals surface area (Å²) in [6.45, 7) is 7.54. The van der Waals surface area contributed by atoms with Crippen LogP contribution in [-0.4, -0.2) is 9.55 Å². The molecule has 0 atom stereocenters. The van der Waals surface area contributed by atoms with E-state index in [1.54, 1.807) is 6.07 Å². The second-order valence-electron chi connectivity index (χ2n) is 6.27. The maximum atomic E-state index is 13.8. The number of unbranched alkanes of at least 4 members (excludes halogenated alkanes) is 2. The zero-order chi connectivity index (χ0) is 14.8. The van der Waals surface area contributed by atoms with E-state index in [-0.39, 0.29) is 11.2 Å². The first-order valence-electron chi connectivity index (χ1n) is 7.31. The summed E-state index contributed by atoms with van der Waals surface area (Å²) in [5.41, 5.74) is 1.54. The van der Waals surface area contributed by atoms with Gasteiger partial charge in [-0.2, -0.15) is 0 Å². The molecule has 0 radical (unpaired) electrons. The Morgan fingerprint density at radius 3 is 2.75 bits per heavy atom. The molecule has 4 heteroatoms. The van der Waals surface area contributed by atoms with Crippen LogP contribution in [0.5, 0.6) is 0 Å². The molecule has 0 aliphatic heterocycles. The van der Waals surface area contributed by atoms with Crippen molar-refractivity contribution in [3.8, 4) is 0 Å². The molecule has 1 aromatic carbocycles. The molecule has 0 bridgehead atoms. The summed E-state index contributed by atoms with van der Waals surface area (Å²) in [6, 6.07) is 5.12. The normalized spacial score (nSPS) is 12.2. The van der Waals surface area contributed by atoms with Crippen molar-refractivity contribution in [3.63, 3.8) is 0 Å². The largest absolute Gasteiger partial charge is 0.328 e. The number of hydrogen-bond donors (Lipinski definition) is 1. The third-order valence-electron chi connectivity index (χ3n) is 3.80. The number of nitrogens with one attached hydrogen (secondary N) is 1. The molecular formula is C16H23FN2S. The fourth-order valence-corrected chi connectivity index (χ4v) is 2.93. The first kappa shape index (κ1) is 15.2. The Hall–Kier alpha value is -1.16. The van der Waals surface area contributed by atoms with Crippen molar-refractivity contribution in [2.24, 2.45) is 5.41 Å². The highest BCUT2D eigenvalue weighted by Crippen LogP contribution is 2.28. The van der Waals surface area contributed by atoms with Gasteiger partial charge >= 0.3 is 0 Å². The number of benzene rings is 1. The van der Waals surface area contributed by atoms with Gasteiger partial charge < -0.3 is 9.55 Å². The third-order valence-corrected chi connectivity index (χ3v) is 4.13. The van der Waals surface area contributed by atoms with Crippen LogP contribution in [0, 0.1) is 16.0 Å². The Kier molecular flexibility index (Phi) is 4.63. The highest BCUT2D eigenvalue weighted by atomic mass is 32.1. The SMILES string of the molecule is CCCCCC(C)(C)Cn1c(=S)[nH]c2c(F)cccc21. The zero-order valence-corrected chi connectivity index (χ0v) is 13.3. The van der Waals surface area contributed by atoms with E-state index < -0.39 is 0 Å². The molecule has 20 heavy (non-hydrogen) atoms. The number of para-hydroxylation sites is 1. The van der Waals surface area contributed by atoms with Crippen LogP contribution < -0.4 is 0 Å². The Morgan fingerprint density at radius 1 is 1.30 bits per heavy atom. The number of aromatic nitrogens is 2. The van der Waals surface area contributed by atoms with E-state index in [4.69, 9.17) is 12.2 Å². The van der Waals surface area contributed by atoms with Crippen molar-refractivity contribution in [2.75, 3.05) is 0 Å². The summed E-state index contributed by atoms with van der Waals surface area (Å²) < 4.78 is 16.4. The average molecular weight is 294 g/mol. The molecule has 0 saturated heterocycles. The molecule has 2 nitrogen and oxygen atoms in total. The minimum atomic E-state index is -0.240. The number of hydrogen-bond acceptors (Lipinski definition) is 1. The maximum Gasteiger partial charge on any atom is 0.178 e. The third kappa shape index (κ3) is 3.29. The van der Waals surface area contributed by atoms with E-state index in [9.17, 15) is 4.39 Å². The molecule has 1 N–H and O–H groups in total. The first-order valence-corrected chi connectivity index (χ1v) is 7.72. The van der Waals surface area contributed by atoms with E-state index in [0.29, 0.717) is 10.3 Å². The maximum absolute atomic E-state index is 13.8. The standard InChI is InChI=1S/C16H23FN2S/c1-4-5-6-10-16(2,3)11-19-13-9-7-8-12(17)14(13)18-15(19)20/h7-9H,4-6,10-11H2,1-3H3,(H,18,20). The predicted molar refractivity (Wildman–Crippen MR) is 85.0 cm³/mol. The van der Waals surface area contributed by atoms with Gasteiger partial charge in [0.05, 0.1) is 5.52 Å². The van der Waals surface area contributed by atoms with Crippen LogP contribution in [-0.2, 0) is 6.54 Å². The quantitative estimate of drug-likeness (QED) is 0.555. The first-order chi connectivity index (χ1) is 9.44. The smallest absolute Gasteiger partial charge is 0.178 e. The van der Waals surface area contributed by atoms with Crippen LogP contribution >= 0.6 is 12.2 Å². The van der Waals surface area contributed by atoms with E-state index in [2.05, 4.69) is 25.8 Å². The van der Waals surface area contributed by atoms with Gasteiger partial charge in [0.1, 0.15) is 11.3 Å². The number of fused-ring (bicyclic) bond motifs is 1. The second-order valence-corrected chi connectivity index (χ2v) is 6.66. The Labute approximate surface area is 125 Å². The van der Waals surface area contributed by atoms with Crippen molar-refractivity contribution < 1.29 is 4.39 Å². The lowest BCUT2D eigenvalue weighted by Crippen LogP contribution is -2.19. The summed E-state index contributed by atoms with van der Waals surface area (Å²) in [7, 11) is 0. The minimum Gasteiger partial charge on any atom is -0.328 e. The predicted octanol–water partition coefficient (Wildman–Crippen LogP) is 5.44. The van der Waals surface area contributed by atoms with Crippen molar-refractivity contribution in [2.45, 2.75) is 53.0 Å². The minimum absolute atomic E-state index is 0.162. The van der Waals surface area contributed by atoms with E-state index in [1.165, 1.54) is 25.3 Å². The van der Waals surface area contributed by atoms with Gasteiger partial charge in [-0.3, -0.25) is 0 Å². The van der Waals surface area contributed by atoms with Gasteiger partial charge in [-0.1, -0.05) is 46.1 Å². The number of imidazole rings is 1. The molecule has 2 rings (SSSR count). The average Bonchev–Trinajstić information content (AvgIpc) is 2.68. The number of nitrogens with zero attached hydrogens (tertiary/aromatic N) is 1. The van der Waals surface area contributed by atoms with Gasteiger partial charge in [0, 0.05) is 6.54 Å². The Balaban J connectivity index is 2.27. The molecule has 0 spiro atoms. The van der Waals surface area contributed by atoms with Crippen molar-refractivity contribution >= 4 is 23.3 Å². The molecule has 2 aromatic rings. The highest BCUT2D eigenvalue weighted by molar-refractivity contribution is 7.71. The van der Waals surface area contributed by atoms with Crippen molar-refractivity contribution in [3.05, 3.63) is 28.8 Å². The topological polar surface area (TPSA) is 20.7 Å². The number of aromatic amines is 1. The Morgan fingerprint density at radius 2 is 2.05 bits per heavy atom. The molecule has 110 valence electrons. The summed E-state index contributed by atoms with van der Waals surface area (Å²) in [6.07, 6.45) is 4.88. The molecule has 0 unspecified atom stereocenters. The van der Waals surface area contributed by atoms with Crippen LogP contribution in [0.4, 0.5) is 4.39 Å². The molecule has 0 aliphatic rings. The summed E-state index contributed by atoms with van der Waals surface area (Å²) in [4.78, 5) is 2.99. The summed E-state index contributed by atoms with van der Waals surface area (Å²) in [5, 5.41) is 0. The molecule has 0 amide bonds. The lowest BCUT2D eigenvalue weighted by Gasteiger charge is -2.25. The lowest BCUT2D eigenvalue weighted by atomic mass is 9.87. The summed E-state index contributed by atoms with van der Waals surface area (Å²) in [5.74, 6) is -0.240. The highest BCUT2D eigenvalue weighted by Gasteiger charge is 2.20. The monoisotopic (exact) mass is 294 g/mol. The second kappa shape index (κ2) is 6.08. The molecule has 1 heterocycles. The molecule has 0 aliphatic carbocycles. The zero-order valence-electron chi connectivity index (χ0n) is 12.5. The number of halogens is 1. The van der Waals surface area contributed by atoms with Gasteiger partial charge in [0.2, 0.25) is 0 Å². The van der Waals surface area contributed by atoms with Gasteiger partial charge in [0.25, 0.3) is 0 Å². The van der Waals surface area contributed by atoms with E-state index >= 15 is 0 Å². The van der Waals surface area contributed by atoms with Crippen LogP contribution in [0.1, 0.15) is 46.5 Å². The van der Waals surface area contributed by atoms with Crippen LogP contribution in [0.15, 0.2) is 18.2 Å². The van der Waals surface area contributed by atoms with E-state index in [0.717, 1.165) is 18.5 Å². The number of H-pyrrole nitrogens is 1. The van der Waals surface area contributed by atoms with Crippen LogP contribution in [0.25, 0.3) is 11.0 Å². The van der Waals surface area contributed by atoms with Crippen LogP contribution in [0.2, 0.25) is 0 Å². The van der Waals surface area contributed by atoms with Gasteiger partial charge in [0.15, 0.2) is 4.77 Å². The Bertz CT molecular complexity index is 639. The van der Waals surface area contributed by atoms with Crippen LogP contribution in [0.3, 0.4) is 0 Å². The fraction of sp³-hybridized carbons (Fsp3) is 0.562. The molecule has 1 aromatic heterocycles. The molecule has 0 saturated carbocycles. The fourth-order valence-electron chi connectivity index (χ4n) is 2.66. The molecular weight excluding hydrogens is 271 g/mol.